The van der Waals surface area contributed by atoms with Gasteiger partial charge in [0.15, 0.2) is 0 Å². The molecule has 0 aliphatic rings. The van der Waals surface area contributed by atoms with Crippen LogP contribution in [0.2, 0.25) is 0 Å². The first-order valence-electron chi connectivity index (χ1n) is 11.2. The summed E-state index contributed by atoms with van der Waals surface area (Å²) in [4.78, 5) is 31.2. The van der Waals surface area contributed by atoms with E-state index >= 15 is 0 Å². The second kappa shape index (κ2) is 12.0. The molecule has 0 amide bonds. The summed E-state index contributed by atoms with van der Waals surface area (Å²) in [6.45, 7) is 7.63. The molecule has 0 aliphatic carbocycles. The Hall–Kier alpha value is -3.68. The maximum Gasteiger partial charge on any atom is 0.328 e. The first kappa shape index (κ1) is 26.6. The van der Waals surface area contributed by atoms with Crippen LogP contribution in [-0.2, 0) is 9.59 Å². The summed E-state index contributed by atoms with van der Waals surface area (Å²) >= 11 is 0. The standard InChI is InChI=1S/C26H32N2O6/c1-15(2)11-21(25(31)32)27-13-17-7-5-9-19(23(17)29)20-10-6-8-18(24(20)30)14-28-22(26(33)34)12-16(3)4/h5-10,13-16,21-22,29-30H,11-12H2,1-4H3,(H,31,32)(H,33,34)/t21-,22-/m0/s1. The molecule has 0 radical (unpaired) electrons. The van der Waals surface area contributed by atoms with Crippen molar-refractivity contribution in [2.75, 3.05) is 0 Å². The molecule has 2 atom stereocenters. The lowest BCUT2D eigenvalue weighted by Gasteiger charge is -2.13. The van der Waals surface area contributed by atoms with Crippen molar-refractivity contribution < 1.29 is 30.0 Å². The number of hydrogen-bond donors (Lipinski definition) is 4. The molecule has 182 valence electrons. The molecule has 2 aromatic carbocycles. The van der Waals surface area contributed by atoms with Gasteiger partial charge in [-0.05, 0) is 36.8 Å². The van der Waals surface area contributed by atoms with Crippen LogP contribution in [0.15, 0.2) is 46.4 Å². The van der Waals surface area contributed by atoms with Gasteiger partial charge in [-0.25, -0.2) is 9.59 Å². The molecule has 2 rings (SSSR count). The zero-order valence-electron chi connectivity index (χ0n) is 19.8. The Morgan fingerprint density at radius 3 is 1.38 bits per heavy atom. The normalized spacial score (nSPS) is 13.7. The highest BCUT2D eigenvalue weighted by Crippen LogP contribution is 2.38. The second-order valence-corrected chi connectivity index (χ2v) is 9.01. The Morgan fingerprint density at radius 1 is 0.735 bits per heavy atom. The number of phenolic OH excluding ortho intramolecular Hbond substituents is 2. The van der Waals surface area contributed by atoms with E-state index < -0.39 is 24.0 Å². The fraction of sp³-hybridized carbons (Fsp3) is 0.385. The van der Waals surface area contributed by atoms with Gasteiger partial charge in [-0.3, -0.25) is 9.98 Å². The summed E-state index contributed by atoms with van der Waals surface area (Å²) in [6, 6.07) is 7.91. The number of benzene rings is 2. The number of aliphatic carboxylic acids is 2. The first-order chi connectivity index (χ1) is 16.0. The van der Waals surface area contributed by atoms with E-state index in [-0.39, 0.29) is 23.3 Å². The number of nitrogens with zero attached hydrogens (tertiary/aromatic N) is 2. The van der Waals surface area contributed by atoms with Crippen LogP contribution in [0, 0.1) is 11.8 Å². The van der Waals surface area contributed by atoms with Gasteiger partial charge in [-0.1, -0.05) is 52.0 Å². The molecule has 0 aromatic heterocycles. The van der Waals surface area contributed by atoms with Crippen LogP contribution >= 0.6 is 0 Å². The summed E-state index contributed by atoms with van der Waals surface area (Å²) in [5.74, 6) is -2.12. The van der Waals surface area contributed by atoms with Gasteiger partial charge in [0.05, 0.1) is 0 Å². The highest BCUT2D eigenvalue weighted by Gasteiger charge is 2.19. The Balaban J connectivity index is 2.40. The highest BCUT2D eigenvalue weighted by atomic mass is 16.4. The average molecular weight is 469 g/mol. The van der Waals surface area contributed by atoms with Crippen molar-refractivity contribution in [1.82, 2.24) is 0 Å². The van der Waals surface area contributed by atoms with Crippen LogP contribution in [0.4, 0.5) is 0 Å². The largest absolute Gasteiger partial charge is 0.507 e. The van der Waals surface area contributed by atoms with Crippen molar-refractivity contribution in [2.24, 2.45) is 21.8 Å². The fourth-order valence-corrected chi connectivity index (χ4v) is 3.45. The number of aliphatic imine (C=N–C) groups is 2. The summed E-state index contributed by atoms with van der Waals surface area (Å²) in [7, 11) is 0. The number of carboxylic acid groups (broad SMARTS) is 2. The molecule has 0 fully saturated rings. The predicted octanol–water partition coefficient (Wildman–Crippen LogP) is 4.60. The molecule has 0 saturated carbocycles. The molecular formula is C26H32N2O6. The molecule has 0 aliphatic heterocycles. The van der Waals surface area contributed by atoms with E-state index in [9.17, 15) is 30.0 Å². The van der Waals surface area contributed by atoms with Crippen LogP contribution in [-0.4, -0.2) is 56.9 Å². The molecule has 8 heteroatoms. The Kier molecular flexibility index (Phi) is 9.36. The lowest BCUT2D eigenvalue weighted by Crippen LogP contribution is -2.20. The van der Waals surface area contributed by atoms with Gasteiger partial charge >= 0.3 is 11.9 Å². The minimum Gasteiger partial charge on any atom is -0.507 e. The molecule has 0 heterocycles. The highest BCUT2D eigenvalue weighted by molar-refractivity contribution is 5.94. The zero-order chi connectivity index (χ0) is 25.4. The number of phenols is 2. The first-order valence-corrected chi connectivity index (χ1v) is 11.2. The third-order valence-electron chi connectivity index (χ3n) is 5.17. The van der Waals surface area contributed by atoms with Gasteiger partial charge in [0.25, 0.3) is 0 Å². The van der Waals surface area contributed by atoms with Gasteiger partial charge in [0, 0.05) is 34.7 Å². The van der Waals surface area contributed by atoms with Crippen LogP contribution in [0.25, 0.3) is 11.1 Å². The average Bonchev–Trinajstić information content (AvgIpc) is 2.75. The number of rotatable bonds is 11. The monoisotopic (exact) mass is 468 g/mol. The molecular weight excluding hydrogens is 436 g/mol. The molecule has 8 nitrogen and oxygen atoms in total. The number of para-hydroxylation sites is 2. The quantitative estimate of drug-likeness (QED) is 0.355. The van der Waals surface area contributed by atoms with Gasteiger partial charge in [0.1, 0.15) is 23.6 Å². The van der Waals surface area contributed by atoms with E-state index in [1.807, 2.05) is 27.7 Å². The maximum atomic E-state index is 11.5. The van der Waals surface area contributed by atoms with E-state index in [1.54, 1.807) is 36.4 Å². The summed E-state index contributed by atoms with van der Waals surface area (Å²) in [5, 5.41) is 40.4. The van der Waals surface area contributed by atoms with Crippen LogP contribution in [0.3, 0.4) is 0 Å². The van der Waals surface area contributed by atoms with E-state index in [4.69, 9.17) is 0 Å². The van der Waals surface area contributed by atoms with Gasteiger partial charge in [-0.2, -0.15) is 0 Å². The third kappa shape index (κ3) is 7.16. The van der Waals surface area contributed by atoms with Crippen molar-refractivity contribution in [1.29, 1.82) is 0 Å². The molecule has 4 N–H and O–H groups in total. The lowest BCUT2D eigenvalue weighted by molar-refractivity contribution is -0.139. The Morgan fingerprint density at radius 2 is 1.09 bits per heavy atom. The summed E-state index contributed by atoms with van der Waals surface area (Å²) in [6.07, 6.45) is 3.38. The van der Waals surface area contributed by atoms with E-state index in [0.717, 1.165) is 0 Å². The smallest absolute Gasteiger partial charge is 0.328 e. The predicted molar refractivity (Wildman–Crippen MR) is 132 cm³/mol. The van der Waals surface area contributed by atoms with Gasteiger partial charge in [-0.15, -0.1) is 0 Å². The van der Waals surface area contributed by atoms with Gasteiger partial charge < -0.3 is 20.4 Å². The summed E-state index contributed by atoms with van der Waals surface area (Å²) in [5.41, 5.74) is 1.27. The SMILES string of the molecule is CC(C)C[C@H](N=Cc1cccc(-c2cccc(C=N[C@@H](CC(C)C)C(=O)O)c2O)c1O)C(=O)O. The van der Waals surface area contributed by atoms with Crippen molar-refractivity contribution in [2.45, 2.75) is 52.6 Å². The molecule has 0 spiro atoms. The van der Waals surface area contributed by atoms with Crippen molar-refractivity contribution in [3.63, 3.8) is 0 Å². The molecule has 2 aromatic rings. The van der Waals surface area contributed by atoms with Crippen molar-refractivity contribution >= 4 is 24.4 Å². The number of carbonyl (C=O) groups is 2. The number of hydrogen-bond acceptors (Lipinski definition) is 6. The molecule has 0 bridgehead atoms. The van der Waals surface area contributed by atoms with E-state index in [2.05, 4.69) is 9.98 Å². The van der Waals surface area contributed by atoms with Crippen molar-refractivity contribution in [3.8, 4) is 22.6 Å². The second-order valence-electron chi connectivity index (χ2n) is 9.01. The lowest BCUT2D eigenvalue weighted by atomic mass is 9.98. The minimum atomic E-state index is -1.04. The van der Waals surface area contributed by atoms with Crippen LogP contribution in [0.1, 0.15) is 51.7 Å². The van der Waals surface area contributed by atoms with Crippen molar-refractivity contribution in [3.05, 3.63) is 47.5 Å². The summed E-state index contributed by atoms with van der Waals surface area (Å²) < 4.78 is 0. The molecule has 34 heavy (non-hydrogen) atoms. The Labute approximate surface area is 199 Å². The van der Waals surface area contributed by atoms with Crippen LogP contribution < -0.4 is 0 Å². The fourth-order valence-electron chi connectivity index (χ4n) is 3.45. The number of aromatic hydroxyl groups is 2. The third-order valence-corrected chi connectivity index (χ3v) is 5.17. The molecule has 0 unspecified atom stereocenters. The Bertz CT molecular complexity index is 989. The van der Waals surface area contributed by atoms with Gasteiger partial charge in [0.2, 0.25) is 0 Å². The topological polar surface area (TPSA) is 140 Å². The molecule has 0 saturated heterocycles. The zero-order valence-corrected chi connectivity index (χ0v) is 19.8. The van der Waals surface area contributed by atoms with Crippen LogP contribution in [0.5, 0.6) is 11.5 Å². The number of carboxylic acids is 2. The minimum absolute atomic E-state index is 0.140. The van der Waals surface area contributed by atoms with E-state index in [1.165, 1.54) is 12.4 Å². The van der Waals surface area contributed by atoms with E-state index in [0.29, 0.717) is 35.1 Å². The maximum absolute atomic E-state index is 11.5.